The van der Waals surface area contributed by atoms with E-state index in [1.807, 2.05) is 0 Å². The van der Waals surface area contributed by atoms with Crippen molar-refractivity contribution in [1.29, 1.82) is 0 Å². The SMILES string of the molecule is CC(C)NCCCCN1CCCOCC1. The van der Waals surface area contributed by atoms with Gasteiger partial charge in [-0.05, 0) is 32.4 Å². The molecule has 90 valence electrons. The summed E-state index contributed by atoms with van der Waals surface area (Å²) < 4.78 is 5.43. The Morgan fingerprint density at radius 1 is 1.20 bits per heavy atom. The van der Waals surface area contributed by atoms with E-state index in [1.54, 1.807) is 0 Å². The van der Waals surface area contributed by atoms with Crippen LogP contribution in [0.1, 0.15) is 33.1 Å². The highest BCUT2D eigenvalue weighted by Crippen LogP contribution is 2.01. The number of ether oxygens (including phenoxy) is 1. The van der Waals surface area contributed by atoms with E-state index in [9.17, 15) is 0 Å². The predicted molar refractivity (Wildman–Crippen MR) is 64.2 cm³/mol. The summed E-state index contributed by atoms with van der Waals surface area (Å²) in [6, 6.07) is 0.622. The van der Waals surface area contributed by atoms with Crippen LogP contribution in [0.15, 0.2) is 0 Å². The van der Waals surface area contributed by atoms with Crippen molar-refractivity contribution in [2.75, 3.05) is 39.4 Å². The normalized spacial score (nSPS) is 19.4. The molecule has 0 spiro atoms. The van der Waals surface area contributed by atoms with E-state index >= 15 is 0 Å². The fourth-order valence-corrected chi connectivity index (χ4v) is 1.87. The van der Waals surface area contributed by atoms with Crippen LogP contribution in [0.4, 0.5) is 0 Å². The standard InChI is InChI=1S/C12H26N2O/c1-12(2)13-6-3-4-7-14-8-5-10-15-11-9-14/h12-13H,3-11H2,1-2H3. The van der Waals surface area contributed by atoms with Crippen LogP contribution in [0, 0.1) is 0 Å². The first-order chi connectivity index (χ1) is 7.29. The number of nitrogens with zero attached hydrogens (tertiary/aromatic N) is 1. The Balaban J connectivity index is 1.94. The van der Waals surface area contributed by atoms with E-state index in [0.29, 0.717) is 6.04 Å². The first-order valence-electron chi connectivity index (χ1n) is 6.32. The zero-order valence-electron chi connectivity index (χ0n) is 10.3. The average molecular weight is 214 g/mol. The summed E-state index contributed by atoms with van der Waals surface area (Å²) in [7, 11) is 0. The predicted octanol–water partition coefficient (Wildman–Crippen LogP) is 1.49. The third-order valence-corrected chi connectivity index (χ3v) is 2.77. The molecule has 0 unspecified atom stereocenters. The minimum Gasteiger partial charge on any atom is -0.380 e. The second-order valence-electron chi connectivity index (χ2n) is 4.62. The van der Waals surface area contributed by atoms with Crippen molar-refractivity contribution in [2.24, 2.45) is 0 Å². The minimum atomic E-state index is 0.622. The van der Waals surface area contributed by atoms with E-state index < -0.39 is 0 Å². The van der Waals surface area contributed by atoms with Crippen molar-refractivity contribution in [3.8, 4) is 0 Å². The molecule has 15 heavy (non-hydrogen) atoms. The fourth-order valence-electron chi connectivity index (χ4n) is 1.87. The summed E-state index contributed by atoms with van der Waals surface area (Å²) in [6.07, 6.45) is 3.79. The molecule has 0 radical (unpaired) electrons. The minimum absolute atomic E-state index is 0.622. The van der Waals surface area contributed by atoms with Crippen LogP contribution in [-0.4, -0.2) is 50.3 Å². The molecule has 1 heterocycles. The molecule has 0 aromatic heterocycles. The van der Waals surface area contributed by atoms with Gasteiger partial charge in [-0.2, -0.15) is 0 Å². The van der Waals surface area contributed by atoms with Gasteiger partial charge in [-0.15, -0.1) is 0 Å². The highest BCUT2D eigenvalue weighted by atomic mass is 16.5. The molecular formula is C12H26N2O. The van der Waals surface area contributed by atoms with Crippen molar-refractivity contribution in [2.45, 2.75) is 39.2 Å². The van der Waals surface area contributed by atoms with Gasteiger partial charge in [-0.1, -0.05) is 13.8 Å². The first-order valence-corrected chi connectivity index (χ1v) is 6.32. The number of nitrogens with one attached hydrogen (secondary N) is 1. The molecule has 3 heteroatoms. The molecule has 1 aliphatic rings. The van der Waals surface area contributed by atoms with Crippen LogP contribution in [0.5, 0.6) is 0 Å². The first kappa shape index (κ1) is 12.9. The van der Waals surface area contributed by atoms with Gasteiger partial charge >= 0.3 is 0 Å². The van der Waals surface area contributed by atoms with Gasteiger partial charge in [0.15, 0.2) is 0 Å². The quantitative estimate of drug-likeness (QED) is 0.678. The summed E-state index contributed by atoms with van der Waals surface area (Å²) >= 11 is 0. The average Bonchev–Trinajstić information content (AvgIpc) is 2.45. The molecule has 0 aromatic carbocycles. The second kappa shape index (κ2) is 8.08. The Labute approximate surface area is 94.2 Å². The lowest BCUT2D eigenvalue weighted by Crippen LogP contribution is -2.29. The molecule has 0 saturated carbocycles. The highest BCUT2D eigenvalue weighted by molar-refractivity contribution is 4.62. The van der Waals surface area contributed by atoms with Crippen molar-refractivity contribution in [1.82, 2.24) is 10.2 Å². The maximum Gasteiger partial charge on any atom is 0.0593 e. The number of hydrogen-bond donors (Lipinski definition) is 1. The summed E-state index contributed by atoms with van der Waals surface area (Å²) in [4.78, 5) is 2.53. The molecule has 1 fully saturated rings. The van der Waals surface area contributed by atoms with Crippen LogP contribution in [0.2, 0.25) is 0 Å². The molecule has 0 bridgehead atoms. The van der Waals surface area contributed by atoms with Crippen LogP contribution in [0.3, 0.4) is 0 Å². The molecule has 3 nitrogen and oxygen atoms in total. The molecule has 1 saturated heterocycles. The molecule has 1 aliphatic heterocycles. The maximum absolute atomic E-state index is 5.43. The van der Waals surface area contributed by atoms with Gasteiger partial charge in [0.2, 0.25) is 0 Å². The molecule has 0 aliphatic carbocycles. The molecule has 1 N–H and O–H groups in total. The summed E-state index contributed by atoms with van der Waals surface area (Å²) in [6.45, 7) is 11.0. The molecule has 0 aromatic rings. The Kier molecular flexibility index (Phi) is 6.98. The molecular weight excluding hydrogens is 188 g/mol. The van der Waals surface area contributed by atoms with Crippen LogP contribution in [-0.2, 0) is 4.74 Å². The van der Waals surface area contributed by atoms with Gasteiger partial charge in [0, 0.05) is 25.7 Å². The maximum atomic E-state index is 5.43. The Hall–Kier alpha value is -0.120. The Morgan fingerprint density at radius 2 is 2.07 bits per heavy atom. The summed E-state index contributed by atoms with van der Waals surface area (Å²) in [5, 5.41) is 3.45. The van der Waals surface area contributed by atoms with Crippen molar-refractivity contribution < 1.29 is 4.74 Å². The second-order valence-corrected chi connectivity index (χ2v) is 4.62. The van der Waals surface area contributed by atoms with Crippen LogP contribution >= 0.6 is 0 Å². The zero-order chi connectivity index (χ0) is 10.9. The fraction of sp³-hybridized carbons (Fsp3) is 1.00. The monoisotopic (exact) mass is 214 g/mol. The number of unbranched alkanes of at least 4 members (excludes halogenated alkanes) is 1. The largest absolute Gasteiger partial charge is 0.380 e. The van der Waals surface area contributed by atoms with Gasteiger partial charge < -0.3 is 15.0 Å². The van der Waals surface area contributed by atoms with E-state index in [4.69, 9.17) is 4.74 Å². The Bertz CT molecular complexity index is 143. The van der Waals surface area contributed by atoms with E-state index in [1.165, 1.54) is 32.4 Å². The topological polar surface area (TPSA) is 24.5 Å². The lowest BCUT2D eigenvalue weighted by atomic mass is 10.2. The third-order valence-electron chi connectivity index (χ3n) is 2.77. The third kappa shape index (κ3) is 6.88. The lowest BCUT2D eigenvalue weighted by Gasteiger charge is -2.18. The van der Waals surface area contributed by atoms with Gasteiger partial charge in [-0.3, -0.25) is 0 Å². The van der Waals surface area contributed by atoms with E-state index in [0.717, 1.165) is 26.3 Å². The zero-order valence-corrected chi connectivity index (χ0v) is 10.3. The molecule has 1 rings (SSSR count). The summed E-state index contributed by atoms with van der Waals surface area (Å²) in [5.41, 5.74) is 0. The van der Waals surface area contributed by atoms with Gasteiger partial charge in [-0.25, -0.2) is 0 Å². The van der Waals surface area contributed by atoms with Gasteiger partial charge in [0.05, 0.1) is 6.61 Å². The van der Waals surface area contributed by atoms with Gasteiger partial charge in [0.25, 0.3) is 0 Å². The van der Waals surface area contributed by atoms with Crippen LogP contribution in [0.25, 0.3) is 0 Å². The van der Waals surface area contributed by atoms with Crippen molar-refractivity contribution in [3.63, 3.8) is 0 Å². The van der Waals surface area contributed by atoms with Crippen molar-refractivity contribution in [3.05, 3.63) is 0 Å². The smallest absolute Gasteiger partial charge is 0.0593 e. The Morgan fingerprint density at radius 3 is 2.87 bits per heavy atom. The van der Waals surface area contributed by atoms with Crippen LogP contribution < -0.4 is 5.32 Å². The molecule has 0 amide bonds. The molecule has 0 atom stereocenters. The number of rotatable bonds is 6. The van der Waals surface area contributed by atoms with E-state index in [-0.39, 0.29) is 0 Å². The summed E-state index contributed by atoms with van der Waals surface area (Å²) in [5.74, 6) is 0. The van der Waals surface area contributed by atoms with Crippen molar-refractivity contribution >= 4 is 0 Å². The highest BCUT2D eigenvalue weighted by Gasteiger charge is 2.07. The number of hydrogen-bond acceptors (Lipinski definition) is 3. The van der Waals surface area contributed by atoms with E-state index in [2.05, 4.69) is 24.1 Å². The lowest BCUT2D eigenvalue weighted by molar-refractivity contribution is 0.141. The van der Waals surface area contributed by atoms with Gasteiger partial charge in [0.1, 0.15) is 0 Å².